The molecule has 6 nitrogen and oxygen atoms in total. The van der Waals surface area contributed by atoms with Gasteiger partial charge in [-0.1, -0.05) is 29.3 Å². The number of H-pyrrole nitrogens is 1. The fourth-order valence-corrected chi connectivity index (χ4v) is 3.80. The molecule has 1 aromatic carbocycles. The average molecular weight is 478 g/mol. The molecule has 1 aliphatic rings. The number of piperidine rings is 1. The number of hydrogen-bond donors (Lipinski definition) is 1. The Morgan fingerprint density at radius 1 is 1.26 bits per heavy atom. The molecule has 168 valence electrons. The molecule has 1 N–H and O–H groups in total. The standard InChI is InChI=1S/C20H20Cl2F3N3O3/c1-2-31-18(30)12-5-7-28(8-6-12)19-26-16(20(23,24)25)13(17(29)27-19)9-11-3-4-14(21)15(22)10-11/h3-4,10,12H,2,5-9H2,1H3,(H,26,27,29). The molecule has 1 saturated heterocycles. The van der Waals surface area contributed by atoms with Crippen LogP contribution in [-0.4, -0.2) is 35.6 Å². The van der Waals surface area contributed by atoms with E-state index < -0.39 is 23.0 Å². The lowest BCUT2D eigenvalue weighted by Gasteiger charge is -2.31. The first-order valence-electron chi connectivity index (χ1n) is 9.66. The number of anilines is 1. The van der Waals surface area contributed by atoms with E-state index in [2.05, 4.69) is 9.97 Å². The molecule has 0 unspecified atom stereocenters. The first-order chi connectivity index (χ1) is 14.6. The minimum atomic E-state index is -4.82. The predicted molar refractivity (Wildman–Crippen MR) is 111 cm³/mol. The normalized spacial score (nSPS) is 15.2. The van der Waals surface area contributed by atoms with Gasteiger partial charge in [0.05, 0.1) is 28.1 Å². The number of nitrogens with one attached hydrogen (secondary N) is 1. The van der Waals surface area contributed by atoms with Gasteiger partial charge in [-0.05, 0) is 37.5 Å². The largest absolute Gasteiger partial charge is 0.466 e. The zero-order chi connectivity index (χ0) is 22.8. The van der Waals surface area contributed by atoms with E-state index >= 15 is 0 Å². The Labute approximate surface area is 186 Å². The predicted octanol–water partition coefficient (Wildman–Crippen LogP) is 4.47. The van der Waals surface area contributed by atoms with Crippen molar-refractivity contribution in [3.05, 3.63) is 55.4 Å². The molecule has 0 radical (unpaired) electrons. The zero-order valence-corrected chi connectivity index (χ0v) is 18.1. The van der Waals surface area contributed by atoms with Crippen LogP contribution < -0.4 is 10.5 Å². The number of nitrogens with zero attached hydrogens (tertiary/aromatic N) is 2. The lowest BCUT2D eigenvalue weighted by atomic mass is 9.97. The van der Waals surface area contributed by atoms with Gasteiger partial charge in [0, 0.05) is 19.5 Å². The Kier molecular flexibility index (Phi) is 7.16. The van der Waals surface area contributed by atoms with Gasteiger partial charge in [0.1, 0.15) is 0 Å². The molecule has 31 heavy (non-hydrogen) atoms. The second-order valence-electron chi connectivity index (χ2n) is 7.15. The summed E-state index contributed by atoms with van der Waals surface area (Å²) in [6.07, 6.45) is -4.33. The quantitative estimate of drug-likeness (QED) is 0.643. The van der Waals surface area contributed by atoms with E-state index in [-0.39, 0.29) is 54.0 Å². The molecule has 0 atom stereocenters. The van der Waals surface area contributed by atoms with Crippen molar-refractivity contribution < 1.29 is 22.7 Å². The fourth-order valence-electron chi connectivity index (χ4n) is 3.47. The topological polar surface area (TPSA) is 75.3 Å². The molecule has 0 aliphatic carbocycles. The van der Waals surface area contributed by atoms with Crippen LogP contribution in [0.5, 0.6) is 0 Å². The van der Waals surface area contributed by atoms with Crippen LogP contribution in [0.3, 0.4) is 0 Å². The number of hydrogen-bond acceptors (Lipinski definition) is 5. The number of halogens is 5. The number of ether oxygens (including phenoxy) is 1. The minimum Gasteiger partial charge on any atom is -0.466 e. The lowest BCUT2D eigenvalue weighted by Crippen LogP contribution is -2.39. The van der Waals surface area contributed by atoms with Crippen molar-refractivity contribution in [3.8, 4) is 0 Å². The maximum Gasteiger partial charge on any atom is 0.433 e. The van der Waals surface area contributed by atoms with Crippen LogP contribution in [0.15, 0.2) is 23.0 Å². The number of alkyl halides is 3. The smallest absolute Gasteiger partial charge is 0.433 e. The average Bonchev–Trinajstić information content (AvgIpc) is 2.71. The second kappa shape index (κ2) is 9.48. The molecule has 3 rings (SSSR count). The third kappa shape index (κ3) is 5.51. The Hall–Kier alpha value is -2.26. The summed E-state index contributed by atoms with van der Waals surface area (Å²) in [7, 11) is 0. The van der Waals surface area contributed by atoms with Gasteiger partial charge in [-0.15, -0.1) is 0 Å². The van der Waals surface area contributed by atoms with E-state index in [9.17, 15) is 22.8 Å². The highest BCUT2D eigenvalue weighted by Gasteiger charge is 2.38. The van der Waals surface area contributed by atoms with Gasteiger partial charge in [-0.25, -0.2) is 4.98 Å². The highest BCUT2D eigenvalue weighted by atomic mass is 35.5. The minimum absolute atomic E-state index is 0.169. The monoisotopic (exact) mass is 477 g/mol. The molecule has 1 aliphatic heterocycles. The summed E-state index contributed by atoms with van der Waals surface area (Å²) >= 11 is 11.8. The van der Waals surface area contributed by atoms with Crippen LogP contribution in [0.25, 0.3) is 0 Å². The second-order valence-corrected chi connectivity index (χ2v) is 7.97. The number of esters is 1. The third-order valence-corrected chi connectivity index (χ3v) is 5.79. The van der Waals surface area contributed by atoms with E-state index in [0.717, 1.165) is 0 Å². The van der Waals surface area contributed by atoms with Gasteiger partial charge in [-0.3, -0.25) is 14.6 Å². The number of carbonyl (C=O) groups is 1. The van der Waals surface area contributed by atoms with Crippen molar-refractivity contribution in [2.45, 2.75) is 32.4 Å². The summed E-state index contributed by atoms with van der Waals surface area (Å²) in [6.45, 7) is 2.52. The van der Waals surface area contributed by atoms with Crippen molar-refractivity contribution in [2.24, 2.45) is 5.92 Å². The summed E-state index contributed by atoms with van der Waals surface area (Å²) in [4.78, 5) is 32.2. The summed E-state index contributed by atoms with van der Waals surface area (Å²) in [5.41, 5.74) is -2.23. The van der Waals surface area contributed by atoms with Crippen molar-refractivity contribution in [3.63, 3.8) is 0 Å². The van der Waals surface area contributed by atoms with Crippen molar-refractivity contribution in [1.82, 2.24) is 9.97 Å². The van der Waals surface area contributed by atoms with Crippen LogP contribution in [0.4, 0.5) is 19.1 Å². The molecule has 0 spiro atoms. The summed E-state index contributed by atoms with van der Waals surface area (Å²) in [5.74, 6) is -0.812. The molecular weight excluding hydrogens is 458 g/mol. The van der Waals surface area contributed by atoms with Crippen LogP contribution in [0.1, 0.15) is 36.6 Å². The van der Waals surface area contributed by atoms with E-state index in [0.29, 0.717) is 18.4 Å². The molecule has 1 aromatic heterocycles. The van der Waals surface area contributed by atoms with Gasteiger partial charge in [-0.2, -0.15) is 13.2 Å². The Morgan fingerprint density at radius 2 is 1.94 bits per heavy atom. The third-order valence-electron chi connectivity index (χ3n) is 5.05. The van der Waals surface area contributed by atoms with Gasteiger partial charge in [0.2, 0.25) is 5.95 Å². The fraction of sp³-hybridized carbons (Fsp3) is 0.450. The van der Waals surface area contributed by atoms with E-state index in [4.69, 9.17) is 27.9 Å². The Balaban J connectivity index is 1.88. The SMILES string of the molecule is CCOC(=O)C1CCN(c2nc(C(F)(F)F)c(Cc3ccc(Cl)c(Cl)c3)c(=O)[nH]2)CC1. The molecule has 11 heteroatoms. The highest BCUT2D eigenvalue weighted by Crippen LogP contribution is 2.32. The molecule has 0 amide bonds. The number of aromatic nitrogens is 2. The molecular formula is C20H20Cl2F3N3O3. The van der Waals surface area contributed by atoms with E-state index in [1.165, 1.54) is 23.1 Å². The van der Waals surface area contributed by atoms with Crippen molar-refractivity contribution in [2.75, 3.05) is 24.6 Å². The molecule has 0 saturated carbocycles. The van der Waals surface area contributed by atoms with Gasteiger partial charge < -0.3 is 9.64 Å². The van der Waals surface area contributed by atoms with Crippen molar-refractivity contribution >= 4 is 35.1 Å². The van der Waals surface area contributed by atoms with Crippen LogP contribution in [-0.2, 0) is 22.1 Å². The molecule has 0 bridgehead atoms. The van der Waals surface area contributed by atoms with Gasteiger partial charge in [0.25, 0.3) is 5.56 Å². The summed E-state index contributed by atoms with van der Waals surface area (Å²) < 4.78 is 46.2. The van der Waals surface area contributed by atoms with E-state index in [1.807, 2.05) is 0 Å². The van der Waals surface area contributed by atoms with E-state index in [1.54, 1.807) is 6.92 Å². The number of rotatable bonds is 5. The molecule has 1 fully saturated rings. The van der Waals surface area contributed by atoms with Crippen molar-refractivity contribution in [1.29, 1.82) is 0 Å². The number of aromatic amines is 1. The van der Waals surface area contributed by atoms with Gasteiger partial charge in [0.15, 0.2) is 5.69 Å². The number of carbonyl (C=O) groups excluding carboxylic acids is 1. The zero-order valence-electron chi connectivity index (χ0n) is 16.6. The van der Waals surface area contributed by atoms with Crippen LogP contribution in [0.2, 0.25) is 10.0 Å². The van der Waals surface area contributed by atoms with Crippen LogP contribution >= 0.6 is 23.2 Å². The summed E-state index contributed by atoms with van der Waals surface area (Å²) in [6, 6.07) is 4.37. The first-order valence-corrected chi connectivity index (χ1v) is 10.4. The number of benzene rings is 1. The Morgan fingerprint density at radius 3 is 2.52 bits per heavy atom. The maximum atomic E-state index is 13.7. The molecule has 2 heterocycles. The highest BCUT2D eigenvalue weighted by molar-refractivity contribution is 6.42. The summed E-state index contributed by atoms with van der Waals surface area (Å²) in [5, 5.41) is 0.438. The Bertz CT molecular complexity index is 1020. The van der Waals surface area contributed by atoms with Gasteiger partial charge >= 0.3 is 12.1 Å². The lowest BCUT2D eigenvalue weighted by molar-refractivity contribution is -0.148. The van der Waals surface area contributed by atoms with Crippen LogP contribution in [0, 0.1) is 5.92 Å². The first kappa shape index (κ1) is 23.4. The molecule has 2 aromatic rings. The maximum absolute atomic E-state index is 13.7.